The van der Waals surface area contributed by atoms with Crippen molar-refractivity contribution in [1.29, 1.82) is 0 Å². The minimum atomic E-state index is 0.696. The Morgan fingerprint density at radius 3 is 2.92 bits per heavy atom. The first kappa shape index (κ1) is 8.10. The van der Waals surface area contributed by atoms with E-state index in [2.05, 4.69) is 22.5 Å². The van der Waals surface area contributed by atoms with Crippen LogP contribution in [0.5, 0.6) is 5.88 Å². The summed E-state index contributed by atoms with van der Waals surface area (Å²) in [5, 5.41) is 1.07. The topological polar surface area (TPSA) is 27.1 Å². The normalized spacial score (nSPS) is 10.7. The highest BCUT2D eigenvalue weighted by molar-refractivity contribution is 5.85. The second-order valence-corrected chi connectivity index (χ2v) is 3.10. The molecule has 0 saturated heterocycles. The highest BCUT2D eigenvalue weighted by atomic mass is 16.5. The number of rotatable bonds is 1. The van der Waals surface area contributed by atoms with Crippen molar-refractivity contribution in [2.24, 2.45) is 7.05 Å². The summed E-state index contributed by atoms with van der Waals surface area (Å²) in [7, 11) is 3.68. The second-order valence-electron chi connectivity index (χ2n) is 3.10. The van der Waals surface area contributed by atoms with Crippen molar-refractivity contribution in [3.8, 4) is 5.88 Å². The molecule has 0 spiro atoms. The minimum Gasteiger partial charge on any atom is -0.481 e. The van der Waals surface area contributed by atoms with E-state index in [4.69, 9.17) is 4.74 Å². The number of aromatic nitrogens is 2. The minimum absolute atomic E-state index is 0.696. The maximum Gasteiger partial charge on any atom is 0.222 e. The van der Waals surface area contributed by atoms with Crippen molar-refractivity contribution in [3.63, 3.8) is 0 Å². The Kier molecular flexibility index (Phi) is 1.72. The second kappa shape index (κ2) is 2.76. The zero-order valence-electron chi connectivity index (χ0n) is 8.03. The third-order valence-electron chi connectivity index (χ3n) is 2.37. The molecule has 68 valence electrons. The number of methoxy groups -OCH3 is 1. The van der Waals surface area contributed by atoms with Crippen LogP contribution in [0.1, 0.15) is 5.69 Å². The molecule has 0 amide bonds. The number of hydrogen-bond donors (Lipinski definition) is 0. The van der Waals surface area contributed by atoms with Gasteiger partial charge in [0.1, 0.15) is 0 Å². The maximum absolute atomic E-state index is 5.17. The fourth-order valence-corrected chi connectivity index (χ4v) is 1.53. The average Bonchev–Trinajstić information content (AvgIpc) is 2.43. The molecule has 13 heavy (non-hydrogen) atoms. The predicted octanol–water partition coefficient (Wildman–Crippen LogP) is 1.89. The lowest BCUT2D eigenvalue weighted by Crippen LogP contribution is -1.90. The van der Waals surface area contributed by atoms with E-state index >= 15 is 0 Å². The van der Waals surface area contributed by atoms with Gasteiger partial charge in [-0.15, -0.1) is 0 Å². The van der Waals surface area contributed by atoms with Crippen molar-refractivity contribution in [1.82, 2.24) is 9.55 Å². The van der Waals surface area contributed by atoms with E-state index in [-0.39, 0.29) is 0 Å². The van der Waals surface area contributed by atoms with Gasteiger partial charge < -0.3 is 9.30 Å². The number of hydrogen-bond acceptors (Lipinski definition) is 2. The maximum atomic E-state index is 5.17. The first-order chi connectivity index (χ1) is 6.24. The largest absolute Gasteiger partial charge is 0.481 e. The molecule has 0 aliphatic heterocycles. The molecular formula is C10H12N2O. The SMILES string of the molecule is COc1nccc2c1cc(C)n2C. The van der Waals surface area contributed by atoms with E-state index in [1.54, 1.807) is 13.3 Å². The van der Waals surface area contributed by atoms with Crippen molar-refractivity contribution in [2.75, 3.05) is 7.11 Å². The van der Waals surface area contributed by atoms with E-state index < -0.39 is 0 Å². The van der Waals surface area contributed by atoms with Gasteiger partial charge in [-0.2, -0.15) is 0 Å². The lowest BCUT2D eigenvalue weighted by molar-refractivity contribution is 0.403. The summed E-state index contributed by atoms with van der Waals surface area (Å²) in [4.78, 5) is 4.14. The highest BCUT2D eigenvalue weighted by Gasteiger charge is 2.06. The van der Waals surface area contributed by atoms with Gasteiger partial charge in [-0.3, -0.25) is 0 Å². The molecule has 2 heterocycles. The van der Waals surface area contributed by atoms with Gasteiger partial charge in [-0.05, 0) is 19.1 Å². The van der Waals surface area contributed by atoms with Gasteiger partial charge in [0, 0.05) is 18.9 Å². The van der Waals surface area contributed by atoms with Crippen LogP contribution < -0.4 is 4.74 Å². The Morgan fingerprint density at radius 1 is 1.46 bits per heavy atom. The zero-order valence-corrected chi connectivity index (χ0v) is 8.03. The van der Waals surface area contributed by atoms with Gasteiger partial charge in [0.15, 0.2) is 0 Å². The van der Waals surface area contributed by atoms with E-state index in [1.807, 2.05) is 13.1 Å². The number of pyridine rings is 1. The van der Waals surface area contributed by atoms with Crippen molar-refractivity contribution in [2.45, 2.75) is 6.92 Å². The van der Waals surface area contributed by atoms with Crippen LogP contribution in [0.15, 0.2) is 18.3 Å². The summed E-state index contributed by atoms with van der Waals surface area (Å²) >= 11 is 0. The van der Waals surface area contributed by atoms with Crippen LogP contribution in [0.25, 0.3) is 10.9 Å². The molecule has 2 aromatic heterocycles. The summed E-state index contributed by atoms with van der Waals surface area (Å²) in [5.41, 5.74) is 2.37. The third-order valence-corrected chi connectivity index (χ3v) is 2.37. The molecule has 0 aliphatic carbocycles. The van der Waals surface area contributed by atoms with E-state index in [9.17, 15) is 0 Å². The lowest BCUT2D eigenvalue weighted by atomic mass is 10.3. The molecule has 0 radical (unpaired) electrons. The summed E-state index contributed by atoms with van der Waals surface area (Å²) in [6, 6.07) is 4.08. The van der Waals surface area contributed by atoms with Crippen LogP contribution in [-0.4, -0.2) is 16.7 Å². The van der Waals surface area contributed by atoms with Gasteiger partial charge in [0.25, 0.3) is 0 Å². The molecule has 3 heteroatoms. The van der Waals surface area contributed by atoms with Crippen LogP contribution >= 0.6 is 0 Å². The first-order valence-electron chi connectivity index (χ1n) is 4.19. The molecule has 2 rings (SSSR count). The quantitative estimate of drug-likeness (QED) is 0.663. The van der Waals surface area contributed by atoms with Crippen LogP contribution in [0, 0.1) is 6.92 Å². The van der Waals surface area contributed by atoms with Gasteiger partial charge >= 0.3 is 0 Å². The van der Waals surface area contributed by atoms with Crippen LogP contribution in [-0.2, 0) is 7.05 Å². The molecule has 0 aliphatic rings. The standard InChI is InChI=1S/C10H12N2O/c1-7-6-8-9(12(7)2)4-5-11-10(8)13-3/h4-6H,1-3H3. The lowest BCUT2D eigenvalue weighted by Gasteiger charge is -2.00. The molecule has 0 N–H and O–H groups in total. The molecule has 2 aromatic rings. The fraction of sp³-hybridized carbons (Fsp3) is 0.300. The van der Waals surface area contributed by atoms with Crippen LogP contribution in [0.4, 0.5) is 0 Å². The summed E-state index contributed by atoms with van der Waals surface area (Å²) in [5.74, 6) is 0.696. The van der Waals surface area contributed by atoms with Crippen molar-refractivity contribution >= 4 is 10.9 Å². The molecule has 0 bridgehead atoms. The van der Waals surface area contributed by atoms with Crippen molar-refractivity contribution in [3.05, 3.63) is 24.0 Å². The first-order valence-corrected chi connectivity index (χ1v) is 4.19. The molecule has 0 atom stereocenters. The number of aryl methyl sites for hydroxylation is 2. The van der Waals surface area contributed by atoms with Gasteiger partial charge in [0.2, 0.25) is 5.88 Å². The van der Waals surface area contributed by atoms with Gasteiger partial charge in [-0.1, -0.05) is 0 Å². The Labute approximate surface area is 77.0 Å². The molecule has 0 aromatic carbocycles. The molecule has 0 unspecified atom stereocenters. The number of nitrogens with zero attached hydrogens (tertiary/aromatic N) is 2. The molecular weight excluding hydrogens is 164 g/mol. The Bertz CT molecular complexity index is 445. The van der Waals surface area contributed by atoms with Crippen LogP contribution in [0.3, 0.4) is 0 Å². The van der Waals surface area contributed by atoms with Crippen LogP contribution in [0.2, 0.25) is 0 Å². The van der Waals surface area contributed by atoms with E-state index in [0.29, 0.717) is 5.88 Å². The fourth-order valence-electron chi connectivity index (χ4n) is 1.53. The number of fused-ring (bicyclic) bond motifs is 1. The van der Waals surface area contributed by atoms with Crippen molar-refractivity contribution < 1.29 is 4.74 Å². The Hall–Kier alpha value is -1.51. The summed E-state index contributed by atoms with van der Waals surface area (Å²) in [6.45, 7) is 2.07. The number of ether oxygens (including phenoxy) is 1. The van der Waals surface area contributed by atoms with Gasteiger partial charge in [0.05, 0.1) is 18.0 Å². The highest BCUT2D eigenvalue weighted by Crippen LogP contribution is 2.24. The third kappa shape index (κ3) is 1.08. The summed E-state index contributed by atoms with van der Waals surface area (Å²) in [6.07, 6.45) is 1.76. The average molecular weight is 176 g/mol. The smallest absolute Gasteiger partial charge is 0.222 e. The summed E-state index contributed by atoms with van der Waals surface area (Å²) < 4.78 is 7.30. The zero-order chi connectivity index (χ0) is 9.42. The van der Waals surface area contributed by atoms with E-state index in [0.717, 1.165) is 10.9 Å². The van der Waals surface area contributed by atoms with Gasteiger partial charge in [-0.25, -0.2) is 4.98 Å². The Balaban J connectivity index is 2.84. The van der Waals surface area contributed by atoms with E-state index in [1.165, 1.54) is 5.69 Å². The molecule has 3 nitrogen and oxygen atoms in total. The predicted molar refractivity (Wildman–Crippen MR) is 52.0 cm³/mol. The molecule has 0 fully saturated rings. The monoisotopic (exact) mass is 176 g/mol. The molecule has 0 saturated carbocycles. The Morgan fingerprint density at radius 2 is 2.23 bits per heavy atom.